The number of imide groups is 2. The molecule has 17 heteroatoms. The average molecular weight is 897 g/mol. The Morgan fingerprint density at radius 2 is 1.66 bits per heavy atom. The Morgan fingerprint density at radius 3 is 2.35 bits per heavy atom. The van der Waals surface area contributed by atoms with E-state index in [1.165, 1.54) is 12.1 Å². The van der Waals surface area contributed by atoms with Gasteiger partial charge in [0, 0.05) is 53.6 Å². The van der Waals surface area contributed by atoms with Gasteiger partial charge in [0.1, 0.15) is 11.7 Å². The van der Waals surface area contributed by atoms with Gasteiger partial charge in [-0.2, -0.15) is 18.3 Å². The molecule has 4 fully saturated rings. The molecule has 4 heterocycles. The number of halogens is 3. The lowest BCUT2D eigenvalue weighted by Crippen LogP contribution is -2.54. The van der Waals surface area contributed by atoms with Gasteiger partial charge in [-0.3, -0.25) is 38.9 Å². The third kappa shape index (κ3) is 9.01. The van der Waals surface area contributed by atoms with Crippen LogP contribution in [0.1, 0.15) is 135 Å². The summed E-state index contributed by atoms with van der Waals surface area (Å²) in [5.74, 6) is -2.01. The minimum absolute atomic E-state index is 0.0134. The molecule has 0 bridgehead atoms. The van der Waals surface area contributed by atoms with Gasteiger partial charge in [-0.15, -0.1) is 0 Å². The predicted octanol–water partition coefficient (Wildman–Crippen LogP) is 7.13. The molecule has 344 valence electrons. The largest absolute Gasteiger partial charge is 0.433 e. The van der Waals surface area contributed by atoms with Crippen LogP contribution in [-0.2, 0) is 32.6 Å². The summed E-state index contributed by atoms with van der Waals surface area (Å²) in [5.41, 5.74) is 0.542. The number of alkyl halides is 3. The van der Waals surface area contributed by atoms with E-state index >= 15 is 0 Å². The van der Waals surface area contributed by atoms with E-state index in [-0.39, 0.29) is 48.0 Å². The molecule has 2 aromatic carbocycles. The summed E-state index contributed by atoms with van der Waals surface area (Å²) >= 11 is 0. The normalized spacial score (nSPS) is 26.1. The van der Waals surface area contributed by atoms with Crippen molar-refractivity contribution in [2.75, 3.05) is 24.2 Å². The van der Waals surface area contributed by atoms with Gasteiger partial charge < -0.3 is 20.6 Å². The maximum Gasteiger partial charge on any atom is 0.433 e. The maximum absolute atomic E-state index is 13.6. The van der Waals surface area contributed by atoms with E-state index < -0.39 is 53.0 Å². The number of aliphatic hydroxyl groups is 1. The Morgan fingerprint density at radius 1 is 0.938 bits per heavy atom. The molecule has 1 spiro atoms. The standard InChI is InChI=1S/C48H55F3N8O6/c1-46(2,65)34-22-36-28(20-37(34)54-41(61)21-29-6-4-9-39(53-29)48(49,50)51)26-58(56-36)32-12-10-27(11-13-32)25-57(3)31-16-18-47(19-17-31)23-30(24-47)52-35-8-5-7-33-42(35)45(64)59(44(33)63)38-14-15-40(60)55-43(38)62/h4-9,20,22,26-27,30-32,38,52,65H,10-19,21,23-25H2,1-3H3,(H,54,61)(H,55,60,62). The van der Waals surface area contributed by atoms with E-state index in [4.69, 9.17) is 5.10 Å². The number of amides is 5. The van der Waals surface area contributed by atoms with E-state index in [0.717, 1.165) is 87.1 Å². The summed E-state index contributed by atoms with van der Waals surface area (Å²) < 4.78 is 41.6. The smallest absolute Gasteiger partial charge is 0.386 e. The lowest BCUT2D eigenvalue weighted by Gasteiger charge is -2.53. The second-order valence-corrected chi connectivity index (χ2v) is 19.6. The van der Waals surface area contributed by atoms with Crippen LogP contribution in [0.15, 0.2) is 54.7 Å². The predicted molar refractivity (Wildman–Crippen MR) is 235 cm³/mol. The number of hydrogen-bond donors (Lipinski definition) is 4. The van der Waals surface area contributed by atoms with Crippen molar-refractivity contribution in [1.82, 2.24) is 29.9 Å². The van der Waals surface area contributed by atoms with Crippen LogP contribution in [-0.4, -0.2) is 90.9 Å². The highest BCUT2D eigenvalue weighted by Crippen LogP contribution is 2.53. The first-order valence-electron chi connectivity index (χ1n) is 22.7. The first kappa shape index (κ1) is 44.5. The molecular weight excluding hydrogens is 842 g/mol. The summed E-state index contributed by atoms with van der Waals surface area (Å²) in [5, 5.41) is 25.3. The number of piperidine rings is 1. The van der Waals surface area contributed by atoms with E-state index in [1.54, 1.807) is 38.1 Å². The Labute approximate surface area is 374 Å². The van der Waals surface area contributed by atoms with Gasteiger partial charge in [-0.05, 0) is 139 Å². The summed E-state index contributed by atoms with van der Waals surface area (Å²) in [7, 11) is 2.25. The topological polar surface area (TPSA) is 179 Å². The number of carbonyl (C=O) groups is 5. The maximum atomic E-state index is 13.6. The summed E-state index contributed by atoms with van der Waals surface area (Å²) in [6, 6.07) is 12.1. The van der Waals surface area contributed by atoms with Crippen LogP contribution in [0.25, 0.3) is 10.9 Å². The quantitative estimate of drug-likeness (QED) is 0.113. The Bertz CT molecular complexity index is 2540. The zero-order chi connectivity index (χ0) is 46.0. The van der Waals surface area contributed by atoms with Crippen molar-refractivity contribution in [2.45, 2.75) is 133 Å². The Balaban J connectivity index is 0.751. The van der Waals surface area contributed by atoms with Crippen molar-refractivity contribution in [3.8, 4) is 0 Å². The highest BCUT2D eigenvalue weighted by atomic mass is 19.4. The van der Waals surface area contributed by atoms with Crippen LogP contribution in [0.2, 0.25) is 0 Å². The SMILES string of the molecule is CN(CC1CCC(n2cc3cc(NC(=O)Cc4cccc(C(F)(F)F)n4)c(C(C)(C)O)cc3n2)CC1)C1CCC2(CC1)CC(Nc1cccc3c1C(=O)N(C1CCC(=O)NC1=O)C3=O)C2. The van der Waals surface area contributed by atoms with Crippen LogP contribution in [0, 0.1) is 11.3 Å². The number of nitrogens with one attached hydrogen (secondary N) is 3. The number of pyridine rings is 1. The first-order valence-corrected chi connectivity index (χ1v) is 22.7. The fraction of sp³-hybridized carbons (Fsp3) is 0.521. The number of benzene rings is 2. The highest BCUT2D eigenvalue weighted by Gasteiger charge is 2.49. The number of rotatable bonds is 11. The monoisotopic (exact) mass is 896 g/mol. The molecule has 65 heavy (non-hydrogen) atoms. The van der Waals surface area contributed by atoms with Crippen molar-refractivity contribution in [3.05, 3.63) is 82.8 Å². The second kappa shape index (κ2) is 17.0. The molecule has 1 atom stereocenters. The molecule has 4 aromatic rings. The highest BCUT2D eigenvalue weighted by molar-refractivity contribution is 6.25. The van der Waals surface area contributed by atoms with Gasteiger partial charge in [-0.1, -0.05) is 12.1 Å². The molecule has 5 aliphatic rings. The van der Waals surface area contributed by atoms with Gasteiger partial charge in [0.2, 0.25) is 17.7 Å². The van der Waals surface area contributed by atoms with Crippen molar-refractivity contribution < 1.29 is 42.3 Å². The first-order chi connectivity index (χ1) is 30.8. The lowest BCUT2D eigenvalue weighted by atomic mass is 9.57. The molecular formula is C48H55F3N8O6. The molecule has 9 rings (SSSR count). The van der Waals surface area contributed by atoms with Crippen LogP contribution >= 0.6 is 0 Å². The minimum Gasteiger partial charge on any atom is -0.386 e. The number of hydrogen-bond acceptors (Lipinski definition) is 10. The van der Waals surface area contributed by atoms with E-state index in [9.17, 15) is 42.3 Å². The van der Waals surface area contributed by atoms with Crippen molar-refractivity contribution in [1.29, 1.82) is 0 Å². The van der Waals surface area contributed by atoms with Gasteiger partial charge in [0.15, 0.2) is 0 Å². The molecule has 14 nitrogen and oxygen atoms in total. The third-order valence-electron chi connectivity index (χ3n) is 14.6. The summed E-state index contributed by atoms with van der Waals surface area (Å²) in [4.78, 5) is 71.4. The second-order valence-electron chi connectivity index (χ2n) is 19.6. The summed E-state index contributed by atoms with van der Waals surface area (Å²) in [6.45, 7) is 4.25. The lowest BCUT2D eigenvalue weighted by molar-refractivity contribution is -0.141. The molecule has 0 radical (unpaired) electrons. The Kier molecular flexibility index (Phi) is 11.6. The van der Waals surface area contributed by atoms with Gasteiger partial charge >= 0.3 is 6.18 Å². The number of anilines is 2. The Hall–Kier alpha value is -5.68. The van der Waals surface area contributed by atoms with Crippen molar-refractivity contribution in [2.24, 2.45) is 11.3 Å². The molecule has 3 saturated carbocycles. The number of fused-ring (bicyclic) bond motifs is 2. The molecule has 2 aliphatic heterocycles. The average Bonchev–Trinajstić information content (AvgIpc) is 3.77. The molecule has 2 aromatic heterocycles. The van der Waals surface area contributed by atoms with Gasteiger partial charge in [0.25, 0.3) is 11.8 Å². The van der Waals surface area contributed by atoms with Crippen LogP contribution in [0.4, 0.5) is 24.5 Å². The van der Waals surface area contributed by atoms with E-state index in [0.29, 0.717) is 40.0 Å². The van der Waals surface area contributed by atoms with E-state index in [2.05, 4.69) is 32.9 Å². The van der Waals surface area contributed by atoms with Crippen molar-refractivity contribution >= 4 is 51.8 Å². The minimum atomic E-state index is -4.62. The number of carbonyl (C=O) groups excluding carboxylic acids is 5. The fourth-order valence-electron chi connectivity index (χ4n) is 11.1. The summed E-state index contributed by atoms with van der Waals surface area (Å²) in [6.07, 6.45) is 7.78. The van der Waals surface area contributed by atoms with Gasteiger partial charge in [0.05, 0.1) is 40.4 Å². The molecule has 3 aliphatic carbocycles. The molecule has 1 unspecified atom stereocenters. The molecule has 4 N–H and O–H groups in total. The fourth-order valence-corrected chi connectivity index (χ4v) is 11.1. The van der Waals surface area contributed by atoms with Crippen molar-refractivity contribution in [3.63, 3.8) is 0 Å². The number of nitrogens with zero attached hydrogens (tertiary/aromatic N) is 5. The molecule has 5 amide bonds. The third-order valence-corrected chi connectivity index (χ3v) is 14.6. The number of aromatic nitrogens is 3. The van der Waals surface area contributed by atoms with Crippen LogP contribution in [0.3, 0.4) is 0 Å². The van der Waals surface area contributed by atoms with Gasteiger partial charge in [-0.25, -0.2) is 4.98 Å². The molecule has 1 saturated heterocycles. The van der Waals surface area contributed by atoms with Crippen LogP contribution in [0.5, 0.6) is 0 Å². The van der Waals surface area contributed by atoms with E-state index in [1.807, 2.05) is 16.9 Å². The zero-order valence-corrected chi connectivity index (χ0v) is 36.8. The van der Waals surface area contributed by atoms with Crippen LogP contribution < -0.4 is 16.0 Å². The zero-order valence-electron chi connectivity index (χ0n) is 36.8.